The second kappa shape index (κ2) is 14.7. The molecule has 0 amide bonds. The van der Waals surface area contributed by atoms with Crippen LogP contribution in [0.3, 0.4) is 0 Å². The molecule has 3 aromatic carbocycles. The summed E-state index contributed by atoms with van der Waals surface area (Å²) < 4.78 is 13.9. The number of halogens is 3. The Morgan fingerprint density at radius 3 is 1.94 bits per heavy atom. The Bertz CT molecular complexity index is 1950. The zero-order valence-electron chi connectivity index (χ0n) is 27.2. The van der Waals surface area contributed by atoms with E-state index in [2.05, 4.69) is 93.9 Å². The first kappa shape index (κ1) is 35.3. The van der Waals surface area contributed by atoms with E-state index in [1.54, 1.807) is 0 Å². The minimum atomic E-state index is -1.82. The van der Waals surface area contributed by atoms with E-state index in [9.17, 15) is 9.90 Å². The van der Waals surface area contributed by atoms with Gasteiger partial charge in [-0.05, 0) is 144 Å². The molecule has 10 heteroatoms. The maximum absolute atomic E-state index is 14.3. The van der Waals surface area contributed by atoms with Gasteiger partial charge in [-0.1, -0.05) is 36.4 Å². The Labute approximate surface area is 322 Å². The van der Waals surface area contributed by atoms with E-state index in [-0.39, 0.29) is 18.1 Å². The normalized spacial score (nSPS) is 19.9. The highest BCUT2D eigenvalue weighted by molar-refractivity contribution is 14.1. The summed E-state index contributed by atoms with van der Waals surface area (Å²) in [7, 11) is 0. The highest BCUT2D eigenvalue weighted by atomic mass is 127. The molecule has 0 saturated heterocycles. The number of carbonyl (C=O) groups is 1. The fourth-order valence-corrected chi connectivity index (χ4v) is 7.84. The summed E-state index contributed by atoms with van der Waals surface area (Å²) in [6, 6.07) is 23.6. The standard InChI is InChI=1S/C38H37I3N4O3/c1-5-44-21-33(23(3)42-44)31(19-35(46)25-7-13-28(39)14-8-25)37-32(34-22-45(6-2)43-24(34)4)20-36(26-9-15-29(40)16-10-26)48-38(37,47)27-11-17-30(41)18-12-27/h7-18,20-22,31-32,37,47H,5-6,19H2,1-4H3/t31-,32-,37-,38+/m0/s1. The summed E-state index contributed by atoms with van der Waals surface area (Å²) in [5, 5.41) is 23.0. The molecule has 248 valence electrons. The van der Waals surface area contributed by atoms with Gasteiger partial charge in [-0.3, -0.25) is 14.2 Å². The van der Waals surface area contributed by atoms with E-state index in [4.69, 9.17) is 14.9 Å². The second-order valence-corrected chi connectivity index (χ2v) is 15.9. The van der Waals surface area contributed by atoms with Crippen molar-refractivity contribution >= 4 is 79.3 Å². The topological polar surface area (TPSA) is 82.2 Å². The number of aryl methyl sites for hydroxylation is 4. The predicted molar refractivity (Wildman–Crippen MR) is 214 cm³/mol. The van der Waals surface area contributed by atoms with E-state index in [0.717, 1.165) is 38.8 Å². The van der Waals surface area contributed by atoms with Crippen molar-refractivity contribution in [2.24, 2.45) is 5.92 Å². The number of aliphatic hydroxyl groups is 1. The maximum atomic E-state index is 14.3. The van der Waals surface area contributed by atoms with Gasteiger partial charge in [-0.2, -0.15) is 10.2 Å². The molecule has 3 heterocycles. The molecule has 0 spiro atoms. The van der Waals surface area contributed by atoms with Crippen molar-refractivity contribution in [1.82, 2.24) is 19.6 Å². The number of hydrogen-bond acceptors (Lipinski definition) is 5. The van der Waals surface area contributed by atoms with Gasteiger partial charge in [0, 0.05) is 82.6 Å². The Balaban J connectivity index is 1.63. The third kappa shape index (κ3) is 7.17. The number of carbonyl (C=O) groups excluding carboxylic acids is 1. The summed E-state index contributed by atoms with van der Waals surface area (Å²) in [5.41, 5.74) is 5.74. The monoisotopic (exact) mass is 978 g/mol. The van der Waals surface area contributed by atoms with Crippen molar-refractivity contribution in [3.8, 4) is 0 Å². The summed E-state index contributed by atoms with van der Waals surface area (Å²) in [5.74, 6) is -2.69. The molecule has 1 N–H and O–H groups in total. The van der Waals surface area contributed by atoms with Gasteiger partial charge in [0.2, 0.25) is 5.79 Å². The number of rotatable bonds is 10. The van der Waals surface area contributed by atoms with Gasteiger partial charge >= 0.3 is 0 Å². The molecule has 7 nitrogen and oxygen atoms in total. The van der Waals surface area contributed by atoms with Crippen molar-refractivity contribution in [3.63, 3.8) is 0 Å². The number of ketones is 1. The molecule has 48 heavy (non-hydrogen) atoms. The van der Waals surface area contributed by atoms with Crippen LogP contribution in [0.1, 0.15) is 76.1 Å². The van der Waals surface area contributed by atoms with E-state index in [0.29, 0.717) is 30.0 Å². The van der Waals surface area contributed by atoms with Gasteiger partial charge in [0.05, 0.1) is 11.4 Å². The van der Waals surface area contributed by atoms with Crippen LogP contribution in [0.2, 0.25) is 0 Å². The summed E-state index contributed by atoms with van der Waals surface area (Å²) >= 11 is 6.82. The molecule has 0 saturated carbocycles. The lowest BCUT2D eigenvalue weighted by Gasteiger charge is -2.47. The number of Topliss-reactive ketones (excluding diaryl/α,β-unsaturated/α-hetero) is 1. The van der Waals surface area contributed by atoms with Crippen molar-refractivity contribution in [3.05, 3.63) is 141 Å². The number of allylic oxidation sites excluding steroid dienone is 1. The van der Waals surface area contributed by atoms with Gasteiger partial charge in [-0.25, -0.2) is 0 Å². The number of benzene rings is 3. The van der Waals surface area contributed by atoms with Gasteiger partial charge < -0.3 is 9.84 Å². The molecule has 0 bridgehead atoms. The van der Waals surface area contributed by atoms with E-state index < -0.39 is 17.6 Å². The highest BCUT2D eigenvalue weighted by Gasteiger charge is 2.54. The van der Waals surface area contributed by atoms with Crippen LogP contribution >= 0.6 is 67.8 Å². The molecule has 5 aromatic rings. The minimum Gasteiger partial charge on any atom is -0.458 e. The molecule has 4 atom stereocenters. The zero-order valence-corrected chi connectivity index (χ0v) is 33.7. The van der Waals surface area contributed by atoms with Gasteiger partial charge in [0.25, 0.3) is 0 Å². The molecule has 6 rings (SSSR count). The third-order valence-electron chi connectivity index (χ3n) is 9.20. The van der Waals surface area contributed by atoms with Crippen molar-refractivity contribution in [2.45, 2.75) is 64.8 Å². The maximum Gasteiger partial charge on any atom is 0.239 e. The molecule has 0 radical (unpaired) electrons. The Kier molecular flexibility index (Phi) is 10.8. The summed E-state index contributed by atoms with van der Waals surface area (Å²) in [4.78, 5) is 14.3. The van der Waals surface area contributed by atoms with E-state index in [1.165, 1.54) is 0 Å². The van der Waals surface area contributed by atoms with Crippen LogP contribution in [-0.4, -0.2) is 30.5 Å². The van der Waals surface area contributed by atoms with Gasteiger partial charge in [0.15, 0.2) is 5.78 Å². The number of ether oxygens (including phenoxy) is 1. The Morgan fingerprint density at radius 2 is 1.38 bits per heavy atom. The molecule has 0 aliphatic carbocycles. The van der Waals surface area contributed by atoms with Gasteiger partial charge in [-0.15, -0.1) is 0 Å². The van der Waals surface area contributed by atoms with Crippen molar-refractivity contribution in [1.29, 1.82) is 0 Å². The van der Waals surface area contributed by atoms with E-state index >= 15 is 0 Å². The zero-order chi connectivity index (χ0) is 34.2. The highest BCUT2D eigenvalue weighted by Crippen LogP contribution is 2.55. The number of hydrogen-bond donors (Lipinski definition) is 1. The SMILES string of the molecule is CCn1cc([C@@H]2C=C(c3ccc(I)cc3)O[C@](O)(c3ccc(I)cc3)[C@H]2[C@@H](CC(=O)c2ccc(I)cc2)c2cn(CC)nc2C)c(C)n1. The van der Waals surface area contributed by atoms with Crippen LogP contribution < -0.4 is 0 Å². The molecule has 0 unspecified atom stereocenters. The fraction of sp³-hybridized carbons (Fsp3) is 0.289. The second-order valence-electron chi connectivity index (χ2n) is 12.2. The average molecular weight is 978 g/mol. The lowest BCUT2D eigenvalue weighted by atomic mass is 9.66. The first-order valence-electron chi connectivity index (χ1n) is 16.0. The quantitative estimate of drug-likeness (QED) is 0.112. The first-order valence-corrected chi connectivity index (χ1v) is 19.3. The molecular formula is C38H37I3N4O3. The molecule has 0 fully saturated rings. The van der Waals surface area contributed by atoms with Crippen LogP contribution in [-0.2, 0) is 23.6 Å². The predicted octanol–water partition coefficient (Wildman–Crippen LogP) is 9.22. The van der Waals surface area contributed by atoms with Crippen molar-refractivity contribution < 1.29 is 14.6 Å². The van der Waals surface area contributed by atoms with Gasteiger partial charge in [0.1, 0.15) is 5.76 Å². The molecule has 1 aliphatic rings. The first-order chi connectivity index (χ1) is 23.0. The Morgan fingerprint density at radius 1 is 0.833 bits per heavy atom. The Hall–Kier alpha value is -2.56. The van der Waals surface area contributed by atoms with Crippen LogP contribution in [0.15, 0.2) is 91.3 Å². The summed E-state index contributed by atoms with van der Waals surface area (Å²) in [6.45, 7) is 9.51. The fourth-order valence-electron chi connectivity index (χ4n) is 6.76. The summed E-state index contributed by atoms with van der Waals surface area (Å²) in [6.07, 6.45) is 6.39. The minimum absolute atomic E-state index is 0.00264. The van der Waals surface area contributed by atoms with Crippen LogP contribution in [0.5, 0.6) is 0 Å². The van der Waals surface area contributed by atoms with Crippen LogP contribution in [0.4, 0.5) is 0 Å². The average Bonchev–Trinajstić information content (AvgIpc) is 3.65. The number of aromatic nitrogens is 4. The lowest BCUT2D eigenvalue weighted by Crippen LogP contribution is -2.46. The largest absolute Gasteiger partial charge is 0.458 e. The van der Waals surface area contributed by atoms with Crippen molar-refractivity contribution in [2.75, 3.05) is 0 Å². The molecule has 1 aliphatic heterocycles. The lowest BCUT2D eigenvalue weighted by molar-refractivity contribution is -0.221. The molecule has 2 aromatic heterocycles. The molecular weight excluding hydrogens is 941 g/mol. The van der Waals surface area contributed by atoms with E-state index in [1.807, 2.05) is 102 Å². The van der Waals surface area contributed by atoms with Crippen LogP contribution in [0.25, 0.3) is 5.76 Å². The third-order valence-corrected chi connectivity index (χ3v) is 11.4. The van der Waals surface area contributed by atoms with Crippen LogP contribution in [0, 0.1) is 30.5 Å². The smallest absolute Gasteiger partial charge is 0.239 e. The number of nitrogens with zero attached hydrogens (tertiary/aromatic N) is 4.